The lowest BCUT2D eigenvalue weighted by molar-refractivity contribution is 0.0951. The molecule has 0 saturated heterocycles. The lowest BCUT2D eigenvalue weighted by atomic mass is 10.1. The molecule has 0 aliphatic rings. The molecule has 1 aromatic heterocycles. The van der Waals surface area contributed by atoms with E-state index in [1.54, 1.807) is 12.1 Å². The predicted octanol–water partition coefficient (Wildman–Crippen LogP) is 2.02. The van der Waals surface area contributed by atoms with Crippen molar-refractivity contribution in [3.8, 4) is 0 Å². The lowest BCUT2D eigenvalue weighted by Gasteiger charge is -2.08. The molecule has 0 bridgehead atoms. The zero-order valence-corrected chi connectivity index (χ0v) is 12.8. The molecule has 0 saturated carbocycles. The Morgan fingerprint density at radius 2 is 2.00 bits per heavy atom. The first-order valence-corrected chi connectivity index (χ1v) is 7.26. The van der Waals surface area contributed by atoms with Crippen molar-refractivity contribution in [2.45, 2.75) is 26.8 Å². The number of nitrogens with zero attached hydrogens (tertiary/aromatic N) is 1. The summed E-state index contributed by atoms with van der Waals surface area (Å²) in [7, 11) is 0. The number of nitrogens with one attached hydrogen (secondary N) is 2. The van der Waals surface area contributed by atoms with Gasteiger partial charge in [-0.2, -0.15) is 0 Å². The molecular weight excluding hydrogens is 282 g/mol. The van der Waals surface area contributed by atoms with Crippen LogP contribution >= 0.6 is 0 Å². The van der Waals surface area contributed by atoms with Crippen molar-refractivity contribution in [2.75, 3.05) is 18.5 Å². The van der Waals surface area contributed by atoms with Crippen LogP contribution in [0.2, 0.25) is 0 Å². The van der Waals surface area contributed by atoms with E-state index in [1.807, 2.05) is 26.0 Å². The van der Waals surface area contributed by atoms with E-state index < -0.39 is 0 Å². The summed E-state index contributed by atoms with van der Waals surface area (Å²) in [6, 6.07) is 7.26. The van der Waals surface area contributed by atoms with Crippen LogP contribution in [0.25, 0.3) is 0 Å². The molecule has 0 aliphatic carbocycles. The summed E-state index contributed by atoms with van der Waals surface area (Å²) in [5, 5.41) is 18.6. The van der Waals surface area contributed by atoms with Crippen molar-refractivity contribution in [3.05, 3.63) is 46.8 Å². The molecule has 6 heteroatoms. The standard InChI is InChI=1S/C16H21N3O3/c1-11-15(12(2)22-19-11)10-18-14-6-4-13(5-7-14)16(21)17-8-3-9-20/h4-7,18,20H,3,8-10H2,1-2H3,(H,17,21). The Labute approximate surface area is 129 Å². The third-order valence-electron chi connectivity index (χ3n) is 3.42. The topological polar surface area (TPSA) is 87.4 Å². The fourth-order valence-corrected chi connectivity index (χ4v) is 2.07. The fraction of sp³-hybridized carbons (Fsp3) is 0.375. The quantitative estimate of drug-likeness (QED) is 0.681. The molecule has 0 radical (unpaired) electrons. The molecule has 3 N–H and O–H groups in total. The van der Waals surface area contributed by atoms with E-state index in [0.29, 0.717) is 25.1 Å². The van der Waals surface area contributed by atoms with Crippen molar-refractivity contribution in [3.63, 3.8) is 0 Å². The first-order valence-electron chi connectivity index (χ1n) is 7.26. The summed E-state index contributed by atoms with van der Waals surface area (Å²) in [6.45, 7) is 4.97. The zero-order chi connectivity index (χ0) is 15.9. The summed E-state index contributed by atoms with van der Waals surface area (Å²) < 4.78 is 5.12. The van der Waals surface area contributed by atoms with Gasteiger partial charge in [0.25, 0.3) is 5.91 Å². The smallest absolute Gasteiger partial charge is 0.251 e. The average Bonchev–Trinajstić information content (AvgIpc) is 2.84. The molecule has 1 heterocycles. The van der Waals surface area contributed by atoms with E-state index in [4.69, 9.17) is 9.63 Å². The van der Waals surface area contributed by atoms with Crippen LogP contribution in [0, 0.1) is 13.8 Å². The highest BCUT2D eigenvalue weighted by molar-refractivity contribution is 5.94. The number of aryl methyl sites for hydroxylation is 2. The van der Waals surface area contributed by atoms with E-state index in [9.17, 15) is 4.79 Å². The van der Waals surface area contributed by atoms with Crippen molar-refractivity contribution >= 4 is 11.6 Å². The molecular formula is C16H21N3O3. The predicted molar refractivity (Wildman–Crippen MR) is 83.8 cm³/mol. The zero-order valence-electron chi connectivity index (χ0n) is 12.8. The number of carbonyl (C=O) groups excluding carboxylic acids is 1. The Morgan fingerprint density at radius 3 is 2.59 bits per heavy atom. The van der Waals surface area contributed by atoms with Crippen molar-refractivity contribution < 1.29 is 14.4 Å². The van der Waals surface area contributed by atoms with Crippen LogP contribution in [-0.2, 0) is 6.54 Å². The number of anilines is 1. The minimum Gasteiger partial charge on any atom is -0.396 e. The molecule has 0 spiro atoms. The number of carbonyl (C=O) groups is 1. The third-order valence-corrected chi connectivity index (χ3v) is 3.42. The third kappa shape index (κ3) is 4.08. The van der Waals surface area contributed by atoms with Crippen molar-refractivity contribution in [2.24, 2.45) is 0 Å². The summed E-state index contributed by atoms with van der Waals surface area (Å²) in [4.78, 5) is 11.8. The van der Waals surface area contributed by atoms with Gasteiger partial charge in [-0.1, -0.05) is 5.16 Å². The molecule has 0 unspecified atom stereocenters. The molecule has 0 atom stereocenters. The summed E-state index contributed by atoms with van der Waals surface area (Å²) in [5.41, 5.74) is 3.45. The number of aromatic nitrogens is 1. The number of amides is 1. The van der Waals surface area contributed by atoms with Crippen molar-refractivity contribution in [1.82, 2.24) is 10.5 Å². The van der Waals surface area contributed by atoms with Gasteiger partial charge in [-0.3, -0.25) is 4.79 Å². The van der Waals surface area contributed by atoms with Gasteiger partial charge < -0.3 is 20.3 Å². The minimum atomic E-state index is -0.134. The number of rotatable bonds is 7. The Balaban J connectivity index is 1.90. The van der Waals surface area contributed by atoms with Gasteiger partial charge in [0.15, 0.2) is 0 Å². The Hall–Kier alpha value is -2.34. The summed E-state index contributed by atoms with van der Waals surface area (Å²) in [5.74, 6) is 0.676. The minimum absolute atomic E-state index is 0.0742. The second-order valence-corrected chi connectivity index (χ2v) is 5.07. The molecule has 2 rings (SSSR count). The van der Waals surface area contributed by atoms with Crippen LogP contribution in [0.1, 0.15) is 33.8 Å². The molecule has 6 nitrogen and oxygen atoms in total. The lowest BCUT2D eigenvalue weighted by Crippen LogP contribution is -2.24. The van der Waals surface area contributed by atoms with Crippen LogP contribution in [0.15, 0.2) is 28.8 Å². The van der Waals surface area contributed by atoms with E-state index in [1.165, 1.54) is 0 Å². The van der Waals surface area contributed by atoms with Gasteiger partial charge in [0.05, 0.1) is 5.69 Å². The van der Waals surface area contributed by atoms with Crippen molar-refractivity contribution in [1.29, 1.82) is 0 Å². The highest BCUT2D eigenvalue weighted by Crippen LogP contribution is 2.16. The largest absolute Gasteiger partial charge is 0.396 e. The molecule has 1 amide bonds. The average molecular weight is 303 g/mol. The van der Waals surface area contributed by atoms with Gasteiger partial charge in [-0.05, 0) is 44.5 Å². The number of hydrogen-bond acceptors (Lipinski definition) is 5. The van der Waals surface area contributed by atoms with Gasteiger partial charge in [-0.25, -0.2) is 0 Å². The SMILES string of the molecule is Cc1noc(C)c1CNc1ccc(C(=O)NCCCO)cc1. The first-order chi connectivity index (χ1) is 10.6. The van der Waals surface area contributed by atoms with Gasteiger partial charge in [0.2, 0.25) is 0 Å². The highest BCUT2D eigenvalue weighted by atomic mass is 16.5. The van der Waals surface area contributed by atoms with E-state index in [2.05, 4.69) is 15.8 Å². The number of aliphatic hydroxyl groups excluding tert-OH is 1. The van der Waals surface area contributed by atoms with Gasteiger partial charge >= 0.3 is 0 Å². The molecule has 0 aliphatic heterocycles. The summed E-state index contributed by atoms with van der Waals surface area (Å²) in [6.07, 6.45) is 0.558. The Kier molecular flexibility index (Phi) is 5.55. The fourth-order valence-electron chi connectivity index (χ4n) is 2.07. The van der Waals surface area contributed by atoms with Crippen LogP contribution in [-0.4, -0.2) is 29.3 Å². The maximum atomic E-state index is 11.8. The van der Waals surface area contributed by atoms with Crippen LogP contribution in [0.4, 0.5) is 5.69 Å². The highest BCUT2D eigenvalue weighted by Gasteiger charge is 2.09. The van der Waals surface area contributed by atoms with Gasteiger partial charge in [0, 0.05) is 36.5 Å². The first kappa shape index (κ1) is 16.0. The van der Waals surface area contributed by atoms with E-state index in [0.717, 1.165) is 22.7 Å². The second kappa shape index (κ2) is 7.61. The molecule has 1 aromatic carbocycles. The van der Waals surface area contributed by atoms with Crippen LogP contribution in [0.3, 0.4) is 0 Å². The number of benzene rings is 1. The van der Waals surface area contributed by atoms with E-state index in [-0.39, 0.29) is 12.5 Å². The maximum absolute atomic E-state index is 11.8. The molecule has 2 aromatic rings. The van der Waals surface area contributed by atoms with E-state index >= 15 is 0 Å². The summed E-state index contributed by atoms with van der Waals surface area (Å²) >= 11 is 0. The molecule has 0 fully saturated rings. The second-order valence-electron chi connectivity index (χ2n) is 5.07. The Morgan fingerprint density at radius 1 is 1.27 bits per heavy atom. The van der Waals surface area contributed by atoms with Crippen LogP contribution in [0.5, 0.6) is 0 Å². The number of aliphatic hydroxyl groups is 1. The normalized spacial score (nSPS) is 10.5. The van der Waals surface area contributed by atoms with Gasteiger partial charge in [0.1, 0.15) is 5.76 Å². The van der Waals surface area contributed by atoms with Gasteiger partial charge in [-0.15, -0.1) is 0 Å². The Bertz CT molecular complexity index is 601. The monoisotopic (exact) mass is 303 g/mol. The maximum Gasteiger partial charge on any atom is 0.251 e. The molecule has 22 heavy (non-hydrogen) atoms. The molecule has 118 valence electrons. The van der Waals surface area contributed by atoms with Crippen LogP contribution < -0.4 is 10.6 Å². The number of hydrogen-bond donors (Lipinski definition) is 3.